The number of hydrogen-bond acceptors (Lipinski definition) is 4. The van der Waals surface area contributed by atoms with E-state index in [4.69, 9.17) is 10.8 Å². The minimum absolute atomic E-state index is 0.136. The van der Waals surface area contributed by atoms with Gasteiger partial charge in [-0.3, -0.25) is 0 Å². The normalized spacial score (nSPS) is 11.2. The third-order valence-corrected chi connectivity index (χ3v) is 2.57. The first-order valence-corrected chi connectivity index (χ1v) is 5.61. The van der Waals surface area contributed by atoms with Crippen LogP contribution in [-0.2, 0) is 0 Å². The van der Waals surface area contributed by atoms with Crippen LogP contribution in [0.15, 0.2) is 36.5 Å². The van der Waals surface area contributed by atoms with Crippen LogP contribution in [0.25, 0.3) is 11.1 Å². The summed E-state index contributed by atoms with van der Waals surface area (Å²) in [7, 11) is 0. The lowest BCUT2D eigenvalue weighted by molar-refractivity contribution is -0.274. The second kappa shape index (κ2) is 5.31. The van der Waals surface area contributed by atoms with Crippen molar-refractivity contribution in [2.45, 2.75) is 6.36 Å². The molecule has 0 saturated heterocycles. The molecule has 1 aromatic heterocycles. The number of pyridine rings is 1. The van der Waals surface area contributed by atoms with E-state index in [2.05, 4.69) is 9.72 Å². The third-order valence-electron chi connectivity index (χ3n) is 2.57. The molecular weight excluding hydrogens is 289 g/mol. The van der Waals surface area contributed by atoms with Gasteiger partial charge in [0.2, 0.25) is 0 Å². The molecule has 1 heterocycles. The highest BCUT2D eigenvalue weighted by atomic mass is 19.4. The maximum absolute atomic E-state index is 12.0. The average molecular weight is 298 g/mol. The maximum atomic E-state index is 12.0. The van der Waals surface area contributed by atoms with Gasteiger partial charge in [-0.15, -0.1) is 13.2 Å². The molecule has 0 atom stereocenters. The molecule has 0 saturated carbocycles. The summed E-state index contributed by atoms with van der Waals surface area (Å²) in [5.74, 6) is -1.74. The summed E-state index contributed by atoms with van der Waals surface area (Å²) in [5.41, 5.74) is 6.15. The molecule has 8 heteroatoms. The van der Waals surface area contributed by atoms with Crippen molar-refractivity contribution in [2.24, 2.45) is 0 Å². The first-order valence-electron chi connectivity index (χ1n) is 5.61. The van der Waals surface area contributed by atoms with Crippen molar-refractivity contribution in [3.63, 3.8) is 0 Å². The van der Waals surface area contributed by atoms with Crippen LogP contribution in [0.1, 0.15) is 10.4 Å². The minimum Gasteiger partial charge on any atom is -0.478 e. The number of rotatable bonds is 3. The van der Waals surface area contributed by atoms with Gasteiger partial charge in [-0.1, -0.05) is 12.1 Å². The number of carbonyl (C=O) groups is 1. The number of aromatic carboxylic acids is 1. The zero-order valence-electron chi connectivity index (χ0n) is 10.4. The molecule has 0 bridgehead atoms. The van der Waals surface area contributed by atoms with Crippen molar-refractivity contribution in [1.82, 2.24) is 4.98 Å². The summed E-state index contributed by atoms with van der Waals surface area (Å²) in [4.78, 5) is 14.7. The lowest BCUT2D eigenvalue weighted by Crippen LogP contribution is -2.16. The summed E-state index contributed by atoms with van der Waals surface area (Å²) in [6.07, 6.45) is -3.43. The molecular formula is C13H9F3N2O3. The quantitative estimate of drug-likeness (QED) is 0.910. The molecule has 2 aromatic rings. The van der Waals surface area contributed by atoms with E-state index in [1.54, 1.807) is 0 Å². The van der Waals surface area contributed by atoms with Gasteiger partial charge in [0, 0.05) is 11.8 Å². The fourth-order valence-electron chi connectivity index (χ4n) is 1.65. The Morgan fingerprint density at radius 1 is 1.19 bits per heavy atom. The highest BCUT2D eigenvalue weighted by molar-refractivity contribution is 5.94. The number of carboxylic acids is 1. The van der Waals surface area contributed by atoms with Crippen LogP contribution >= 0.6 is 0 Å². The predicted octanol–water partition coefficient (Wildman–Crippen LogP) is 2.93. The Balaban J connectivity index is 2.31. The zero-order chi connectivity index (χ0) is 15.6. The Labute approximate surface area is 116 Å². The van der Waals surface area contributed by atoms with Gasteiger partial charge in [0.25, 0.3) is 0 Å². The van der Waals surface area contributed by atoms with Crippen LogP contribution in [-0.4, -0.2) is 22.4 Å². The number of nitrogens with two attached hydrogens (primary N) is 1. The second-order valence-electron chi connectivity index (χ2n) is 4.03. The Morgan fingerprint density at radius 3 is 2.33 bits per heavy atom. The number of nitrogens with zero attached hydrogens (tertiary/aromatic N) is 1. The summed E-state index contributed by atoms with van der Waals surface area (Å²) >= 11 is 0. The van der Waals surface area contributed by atoms with Gasteiger partial charge < -0.3 is 15.6 Å². The van der Waals surface area contributed by atoms with E-state index in [9.17, 15) is 18.0 Å². The lowest BCUT2D eigenvalue weighted by Gasteiger charge is -2.09. The zero-order valence-corrected chi connectivity index (χ0v) is 10.4. The summed E-state index contributed by atoms with van der Waals surface area (Å²) < 4.78 is 39.9. The molecule has 3 N–H and O–H groups in total. The molecule has 0 amide bonds. The lowest BCUT2D eigenvalue weighted by atomic mass is 10.1. The van der Waals surface area contributed by atoms with Gasteiger partial charge in [-0.25, -0.2) is 9.78 Å². The number of ether oxygens (including phenoxy) is 1. The van der Waals surface area contributed by atoms with E-state index in [-0.39, 0.29) is 17.1 Å². The van der Waals surface area contributed by atoms with Crippen molar-refractivity contribution in [1.29, 1.82) is 0 Å². The van der Waals surface area contributed by atoms with E-state index in [1.807, 2.05) is 0 Å². The van der Waals surface area contributed by atoms with Gasteiger partial charge in [0.1, 0.15) is 17.1 Å². The van der Waals surface area contributed by atoms with Crippen LogP contribution in [0.4, 0.5) is 19.0 Å². The Kier molecular flexibility index (Phi) is 3.70. The van der Waals surface area contributed by atoms with E-state index in [0.29, 0.717) is 11.1 Å². The SMILES string of the molecule is Nc1ncc(-c2ccc(OC(F)(F)F)cc2)cc1C(=O)O. The van der Waals surface area contributed by atoms with E-state index >= 15 is 0 Å². The van der Waals surface area contributed by atoms with Crippen molar-refractivity contribution in [3.05, 3.63) is 42.1 Å². The number of carboxylic acid groups (broad SMARTS) is 1. The molecule has 0 unspecified atom stereocenters. The highest BCUT2D eigenvalue weighted by Gasteiger charge is 2.30. The fraction of sp³-hybridized carbons (Fsp3) is 0.0769. The summed E-state index contributed by atoms with van der Waals surface area (Å²) in [6.45, 7) is 0. The monoisotopic (exact) mass is 298 g/mol. The largest absolute Gasteiger partial charge is 0.573 e. The van der Waals surface area contributed by atoms with Gasteiger partial charge in [0.15, 0.2) is 0 Å². The molecule has 0 aliphatic rings. The summed E-state index contributed by atoms with van der Waals surface area (Å²) in [6, 6.07) is 6.27. The van der Waals surface area contributed by atoms with Crippen LogP contribution in [0.5, 0.6) is 5.75 Å². The van der Waals surface area contributed by atoms with Crippen LogP contribution in [0, 0.1) is 0 Å². The Morgan fingerprint density at radius 2 is 1.81 bits per heavy atom. The number of anilines is 1. The molecule has 1 aromatic carbocycles. The second-order valence-corrected chi connectivity index (χ2v) is 4.03. The van der Waals surface area contributed by atoms with E-state index < -0.39 is 12.3 Å². The van der Waals surface area contributed by atoms with Gasteiger partial charge in [0.05, 0.1) is 0 Å². The summed E-state index contributed by atoms with van der Waals surface area (Å²) in [5, 5.41) is 8.94. The van der Waals surface area contributed by atoms with Crippen molar-refractivity contribution >= 4 is 11.8 Å². The minimum atomic E-state index is -4.76. The predicted molar refractivity (Wildman–Crippen MR) is 67.7 cm³/mol. The molecule has 110 valence electrons. The Bertz CT molecular complexity index is 669. The molecule has 0 fully saturated rings. The first kappa shape index (κ1) is 14.6. The van der Waals surface area contributed by atoms with Gasteiger partial charge in [-0.2, -0.15) is 0 Å². The number of nitrogen functional groups attached to an aromatic ring is 1. The molecule has 0 aliphatic carbocycles. The molecule has 0 aliphatic heterocycles. The first-order chi connectivity index (χ1) is 9.76. The van der Waals surface area contributed by atoms with E-state index in [1.165, 1.54) is 24.4 Å². The van der Waals surface area contributed by atoms with E-state index in [0.717, 1.165) is 12.1 Å². The smallest absolute Gasteiger partial charge is 0.478 e. The third kappa shape index (κ3) is 3.62. The Hall–Kier alpha value is -2.77. The highest BCUT2D eigenvalue weighted by Crippen LogP contribution is 2.27. The number of alkyl halides is 3. The molecule has 5 nitrogen and oxygen atoms in total. The number of halogens is 3. The fourth-order valence-corrected chi connectivity index (χ4v) is 1.65. The number of benzene rings is 1. The maximum Gasteiger partial charge on any atom is 0.573 e. The topological polar surface area (TPSA) is 85.4 Å². The number of aromatic nitrogens is 1. The van der Waals surface area contributed by atoms with Gasteiger partial charge in [-0.05, 0) is 23.8 Å². The molecule has 21 heavy (non-hydrogen) atoms. The van der Waals surface area contributed by atoms with Crippen molar-refractivity contribution < 1.29 is 27.8 Å². The van der Waals surface area contributed by atoms with Crippen LogP contribution in [0.2, 0.25) is 0 Å². The number of hydrogen-bond donors (Lipinski definition) is 2. The molecule has 0 radical (unpaired) electrons. The van der Waals surface area contributed by atoms with Crippen LogP contribution in [0.3, 0.4) is 0 Å². The van der Waals surface area contributed by atoms with Crippen molar-refractivity contribution in [2.75, 3.05) is 5.73 Å². The standard InChI is InChI=1S/C13H9F3N2O3/c14-13(15,16)21-9-3-1-7(2-4-9)8-5-10(12(19)20)11(17)18-6-8/h1-6H,(H2,17,18)(H,19,20). The van der Waals surface area contributed by atoms with Crippen molar-refractivity contribution in [3.8, 4) is 16.9 Å². The van der Waals surface area contributed by atoms with Gasteiger partial charge >= 0.3 is 12.3 Å². The molecule has 0 spiro atoms. The molecule has 2 rings (SSSR count). The average Bonchev–Trinajstić information content (AvgIpc) is 2.38. The van der Waals surface area contributed by atoms with Crippen LogP contribution < -0.4 is 10.5 Å².